The zero-order valence-electron chi connectivity index (χ0n) is 14.8. The number of anilines is 1. The molecule has 0 spiro atoms. The Morgan fingerprint density at radius 3 is 2.30 bits per heavy atom. The van der Waals surface area contributed by atoms with E-state index in [9.17, 15) is 19.2 Å². The Morgan fingerprint density at radius 2 is 1.67 bits per heavy atom. The lowest BCUT2D eigenvalue weighted by Gasteiger charge is -2.09. The largest absolute Gasteiger partial charge is 0.355 e. The quantitative estimate of drug-likeness (QED) is 0.604. The molecule has 8 heteroatoms. The van der Waals surface area contributed by atoms with Gasteiger partial charge >= 0.3 is 11.1 Å². The van der Waals surface area contributed by atoms with E-state index < -0.39 is 11.1 Å². The fraction of sp³-hybridized carbons (Fsp3) is 0.158. The number of fused-ring (bicyclic) bond motifs is 1. The van der Waals surface area contributed by atoms with Crippen LogP contribution in [0.2, 0.25) is 0 Å². The monoisotopic (exact) mass is 366 g/mol. The molecule has 27 heavy (non-hydrogen) atoms. The van der Waals surface area contributed by atoms with Gasteiger partial charge in [-0.3, -0.25) is 19.2 Å². The zero-order chi connectivity index (χ0) is 19.6. The van der Waals surface area contributed by atoms with E-state index in [-0.39, 0.29) is 11.8 Å². The molecule has 138 valence electrons. The number of nitrogens with zero attached hydrogens (tertiary/aromatic N) is 1. The third-order valence-corrected chi connectivity index (χ3v) is 4.19. The molecular weight excluding hydrogens is 348 g/mol. The molecule has 1 aromatic heterocycles. The number of nitrogens with one attached hydrogen (secondary N) is 3. The van der Waals surface area contributed by atoms with Crippen LogP contribution in [0.15, 0.2) is 52.1 Å². The molecule has 2 aromatic carbocycles. The van der Waals surface area contributed by atoms with Gasteiger partial charge in [0.25, 0.3) is 11.8 Å². The molecule has 0 aliphatic heterocycles. The standard InChI is InChI=1S/C19H18N4O4/c1-3-23-15-9-6-12(10-14(15)22-18(26)19(23)27)17(25)21-13-7-4-11(5-8-13)16(24)20-2/h4-10H,3H2,1-2H3,(H,20,24)(H,21,25)(H,22,26). The normalized spacial score (nSPS) is 10.6. The summed E-state index contributed by atoms with van der Waals surface area (Å²) < 4.78 is 1.35. The molecule has 2 amide bonds. The van der Waals surface area contributed by atoms with Crippen LogP contribution in [0.5, 0.6) is 0 Å². The molecule has 0 saturated heterocycles. The second-order valence-corrected chi connectivity index (χ2v) is 5.85. The van der Waals surface area contributed by atoms with Crippen molar-refractivity contribution in [1.29, 1.82) is 0 Å². The number of carbonyl (C=O) groups excluding carboxylic acids is 2. The topological polar surface area (TPSA) is 113 Å². The fourth-order valence-corrected chi connectivity index (χ4v) is 2.79. The number of H-pyrrole nitrogens is 1. The van der Waals surface area contributed by atoms with Crippen LogP contribution >= 0.6 is 0 Å². The number of rotatable bonds is 4. The van der Waals surface area contributed by atoms with Crippen molar-refractivity contribution in [3.8, 4) is 0 Å². The van der Waals surface area contributed by atoms with Crippen molar-refractivity contribution in [2.24, 2.45) is 0 Å². The van der Waals surface area contributed by atoms with Crippen molar-refractivity contribution in [2.75, 3.05) is 12.4 Å². The van der Waals surface area contributed by atoms with Gasteiger partial charge in [0.05, 0.1) is 11.0 Å². The summed E-state index contributed by atoms with van der Waals surface area (Å²) in [5.41, 5.74) is 0.939. The maximum atomic E-state index is 12.5. The highest BCUT2D eigenvalue weighted by atomic mass is 16.2. The molecule has 0 radical (unpaired) electrons. The van der Waals surface area contributed by atoms with Crippen LogP contribution in [0.1, 0.15) is 27.6 Å². The maximum Gasteiger partial charge on any atom is 0.316 e. The van der Waals surface area contributed by atoms with Crippen LogP contribution in [0.3, 0.4) is 0 Å². The van der Waals surface area contributed by atoms with E-state index in [0.717, 1.165) is 0 Å². The van der Waals surface area contributed by atoms with Crippen molar-refractivity contribution in [1.82, 2.24) is 14.9 Å². The van der Waals surface area contributed by atoms with Crippen molar-refractivity contribution in [2.45, 2.75) is 13.5 Å². The number of benzene rings is 2. The summed E-state index contributed by atoms with van der Waals surface area (Å²) >= 11 is 0. The lowest BCUT2D eigenvalue weighted by molar-refractivity contribution is 0.0962. The first-order valence-corrected chi connectivity index (χ1v) is 8.35. The Hall–Kier alpha value is -3.68. The molecular formula is C19H18N4O4. The number of aromatic nitrogens is 2. The molecule has 3 aromatic rings. The number of hydrogen-bond donors (Lipinski definition) is 3. The minimum atomic E-state index is -0.730. The molecule has 3 N–H and O–H groups in total. The molecule has 8 nitrogen and oxygen atoms in total. The molecule has 0 saturated carbocycles. The number of amides is 2. The first-order valence-electron chi connectivity index (χ1n) is 8.35. The minimum absolute atomic E-state index is 0.215. The first kappa shape index (κ1) is 18.1. The Kier molecular flexibility index (Phi) is 4.89. The van der Waals surface area contributed by atoms with E-state index in [1.807, 2.05) is 0 Å². The smallest absolute Gasteiger partial charge is 0.316 e. The Bertz CT molecular complexity index is 1140. The molecule has 1 heterocycles. The van der Waals surface area contributed by atoms with Crippen molar-refractivity contribution >= 4 is 28.5 Å². The van der Waals surface area contributed by atoms with Crippen LogP contribution in [0.4, 0.5) is 5.69 Å². The fourth-order valence-electron chi connectivity index (χ4n) is 2.79. The molecule has 3 rings (SSSR count). The van der Waals surface area contributed by atoms with Gasteiger partial charge in [0.2, 0.25) is 0 Å². The molecule has 0 aliphatic rings. The first-order chi connectivity index (χ1) is 12.9. The van der Waals surface area contributed by atoms with E-state index in [1.165, 1.54) is 10.6 Å². The SMILES string of the molecule is CCn1c(=O)c(=O)[nH]c2cc(C(=O)Nc3ccc(C(=O)NC)cc3)ccc21. The zero-order valence-corrected chi connectivity index (χ0v) is 14.8. The highest BCUT2D eigenvalue weighted by molar-refractivity contribution is 6.06. The van der Waals surface area contributed by atoms with E-state index >= 15 is 0 Å². The van der Waals surface area contributed by atoms with Gasteiger partial charge in [0.15, 0.2) is 0 Å². The number of carbonyl (C=O) groups is 2. The summed E-state index contributed by atoms with van der Waals surface area (Å²) in [5.74, 6) is -0.590. The van der Waals surface area contributed by atoms with E-state index in [4.69, 9.17) is 0 Å². The Morgan fingerprint density at radius 1 is 1.00 bits per heavy atom. The summed E-state index contributed by atoms with van der Waals surface area (Å²) in [4.78, 5) is 50.2. The molecule has 0 atom stereocenters. The number of hydrogen-bond acceptors (Lipinski definition) is 4. The third kappa shape index (κ3) is 3.50. The Labute approximate surface area is 153 Å². The van der Waals surface area contributed by atoms with Gasteiger partial charge in [0.1, 0.15) is 0 Å². The van der Waals surface area contributed by atoms with Crippen LogP contribution in [-0.4, -0.2) is 28.4 Å². The number of aryl methyl sites for hydroxylation is 1. The predicted molar refractivity (Wildman–Crippen MR) is 102 cm³/mol. The van der Waals surface area contributed by atoms with Crippen LogP contribution < -0.4 is 21.8 Å². The van der Waals surface area contributed by atoms with E-state index in [1.54, 1.807) is 50.4 Å². The maximum absolute atomic E-state index is 12.5. The van der Waals surface area contributed by atoms with E-state index in [2.05, 4.69) is 15.6 Å². The minimum Gasteiger partial charge on any atom is -0.355 e. The Balaban J connectivity index is 1.90. The second kappa shape index (κ2) is 7.28. The lowest BCUT2D eigenvalue weighted by Crippen LogP contribution is -2.36. The highest BCUT2D eigenvalue weighted by Gasteiger charge is 2.11. The van der Waals surface area contributed by atoms with Crippen LogP contribution in [-0.2, 0) is 6.54 Å². The summed E-state index contributed by atoms with van der Waals surface area (Å²) in [6, 6.07) is 11.2. The van der Waals surface area contributed by atoms with Gasteiger partial charge in [0, 0.05) is 30.4 Å². The summed E-state index contributed by atoms with van der Waals surface area (Å²) in [6.45, 7) is 2.12. The van der Waals surface area contributed by atoms with Gasteiger partial charge in [-0.1, -0.05) is 0 Å². The second-order valence-electron chi connectivity index (χ2n) is 5.85. The third-order valence-electron chi connectivity index (χ3n) is 4.19. The van der Waals surface area contributed by atoms with Gasteiger partial charge < -0.3 is 20.2 Å². The van der Waals surface area contributed by atoms with Crippen LogP contribution in [0.25, 0.3) is 11.0 Å². The van der Waals surface area contributed by atoms with Crippen molar-refractivity contribution < 1.29 is 9.59 Å². The molecule has 0 bridgehead atoms. The number of aromatic amines is 1. The summed E-state index contributed by atoms with van der Waals surface area (Å²) in [5, 5.41) is 5.25. The van der Waals surface area contributed by atoms with Crippen molar-refractivity contribution in [3.63, 3.8) is 0 Å². The van der Waals surface area contributed by atoms with Gasteiger partial charge in [-0.05, 0) is 49.4 Å². The summed E-state index contributed by atoms with van der Waals surface area (Å²) in [6.07, 6.45) is 0. The van der Waals surface area contributed by atoms with Gasteiger partial charge in [-0.15, -0.1) is 0 Å². The predicted octanol–water partition coefficient (Wildman–Crippen LogP) is 1.32. The molecule has 0 aliphatic carbocycles. The molecule has 0 fully saturated rings. The van der Waals surface area contributed by atoms with Crippen LogP contribution in [0, 0.1) is 0 Å². The molecule has 0 unspecified atom stereocenters. The van der Waals surface area contributed by atoms with Crippen molar-refractivity contribution in [3.05, 3.63) is 74.3 Å². The van der Waals surface area contributed by atoms with Gasteiger partial charge in [-0.2, -0.15) is 0 Å². The lowest BCUT2D eigenvalue weighted by atomic mass is 10.1. The highest BCUT2D eigenvalue weighted by Crippen LogP contribution is 2.15. The van der Waals surface area contributed by atoms with Gasteiger partial charge in [-0.25, -0.2) is 0 Å². The average Bonchev–Trinajstić information content (AvgIpc) is 2.68. The van der Waals surface area contributed by atoms with E-state index in [0.29, 0.717) is 34.4 Å². The summed E-state index contributed by atoms with van der Waals surface area (Å²) in [7, 11) is 1.54. The average molecular weight is 366 g/mol.